The summed E-state index contributed by atoms with van der Waals surface area (Å²) in [5.74, 6) is 1.06. The molecule has 2 atom stereocenters. The minimum Gasteiger partial charge on any atom is -0.388 e. The number of aromatic nitrogens is 2. The minimum absolute atomic E-state index is 0.0927. The zero-order chi connectivity index (χ0) is 19.6. The summed E-state index contributed by atoms with van der Waals surface area (Å²) in [6.07, 6.45) is 11.9. The van der Waals surface area contributed by atoms with Gasteiger partial charge in [-0.15, -0.1) is 0 Å². The summed E-state index contributed by atoms with van der Waals surface area (Å²) in [5.41, 5.74) is -1.24. The van der Waals surface area contributed by atoms with Crippen LogP contribution >= 0.6 is 0 Å². The van der Waals surface area contributed by atoms with E-state index < -0.39 is 17.2 Å². The number of aliphatic hydroxyl groups is 1. The normalized spacial score (nSPS) is 30.9. The zero-order valence-electron chi connectivity index (χ0n) is 16.8. The molecule has 1 amide bonds. The molecule has 3 aliphatic rings. The maximum absolute atomic E-state index is 12.8. The highest BCUT2D eigenvalue weighted by molar-refractivity contribution is 5.79. The lowest BCUT2D eigenvalue weighted by molar-refractivity contribution is -0.199. The number of carbonyl (C=O) groups is 1. The number of nitrogens with one attached hydrogen (secondary N) is 1. The molecule has 154 valence electrons. The Morgan fingerprint density at radius 2 is 1.96 bits per heavy atom. The first kappa shape index (κ1) is 19.6. The summed E-state index contributed by atoms with van der Waals surface area (Å²) >= 11 is 0. The van der Waals surface area contributed by atoms with Gasteiger partial charge in [0.1, 0.15) is 11.9 Å². The number of ether oxygens (including phenoxy) is 1. The van der Waals surface area contributed by atoms with E-state index in [0.29, 0.717) is 25.9 Å². The third-order valence-corrected chi connectivity index (χ3v) is 6.98. The first-order valence-electron chi connectivity index (χ1n) is 10.7. The molecule has 1 aliphatic carbocycles. The van der Waals surface area contributed by atoms with E-state index in [4.69, 9.17) is 4.74 Å². The molecule has 2 N–H and O–H groups in total. The van der Waals surface area contributed by atoms with Crippen molar-refractivity contribution in [3.05, 3.63) is 18.6 Å². The van der Waals surface area contributed by atoms with Crippen molar-refractivity contribution in [2.45, 2.75) is 75.5 Å². The van der Waals surface area contributed by atoms with Crippen LogP contribution in [0.4, 0.5) is 5.82 Å². The predicted molar refractivity (Wildman–Crippen MR) is 106 cm³/mol. The van der Waals surface area contributed by atoms with Gasteiger partial charge in [0.15, 0.2) is 0 Å². The topological polar surface area (TPSA) is 87.6 Å². The number of anilines is 1. The Kier molecular flexibility index (Phi) is 5.56. The van der Waals surface area contributed by atoms with E-state index in [2.05, 4.69) is 20.2 Å². The fourth-order valence-electron chi connectivity index (χ4n) is 5.13. The Balaban J connectivity index is 1.42. The van der Waals surface area contributed by atoms with Crippen LogP contribution in [0.25, 0.3) is 0 Å². The van der Waals surface area contributed by atoms with Crippen LogP contribution in [0.1, 0.15) is 58.3 Å². The predicted octanol–water partition coefficient (Wildman–Crippen LogP) is 2.05. The first-order valence-corrected chi connectivity index (χ1v) is 10.7. The lowest BCUT2D eigenvalue weighted by Crippen LogP contribution is -2.69. The minimum atomic E-state index is -0.717. The number of aliphatic hydroxyl groups excluding tert-OH is 1. The molecule has 3 heterocycles. The number of hydrogen-bond donors (Lipinski definition) is 2. The summed E-state index contributed by atoms with van der Waals surface area (Å²) in [7, 11) is 0. The van der Waals surface area contributed by atoms with E-state index in [1.165, 1.54) is 6.42 Å². The maximum Gasteiger partial charge on any atom is 0.223 e. The van der Waals surface area contributed by atoms with Crippen LogP contribution in [-0.2, 0) is 9.53 Å². The average Bonchev–Trinajstić information content (AvgIpc) is 2.74. The van der Waals surface area contributed by atoms with Gasteiger partial charge in [-0.1, -0.05) is 19.3 Å². The molecule has 7 heteroatoms. The largest absolute Gasteiger partial charge is 0.388 e. The highest BCUT2D eigenvalue weighted by atomic mass is 16.5. The molecule has 2 saturated heterocycles. The van der Waals surface area contributed by atoms with Gasteiger partial charge in [0.05, 0.1) is 17.3 Å². The number of piperidine rings is 1. The molecule has 0 unspecified atom stereocenters. The number of hydrogen-bond acceptors (Lipinski definition) is 6. The van der Waals surface area contributed by atoms with E-state index in [1.807, 2.05) is 6.92 Å². The lowest BCUT2D eigenvalue weighted by atomic mass is 9.72. The molecule has 0 radical (unpaired) electrons. The van der Waals surface area contributed by atoms with Gasteiger partial charge in [0, 0.05) is 38.0 Å². The molecule has 4 rings (SSSR count). The van der Waals surface area contributed by atoms with Crippen molar-refractivity contribution in [1.82, 2.24) is 15.3 Å². The van der Waals surface area contributed by atoms with Crippen molar-refractivity contribution in [3.8, 4) is 0 Å². The Morgan fingerprint density at radius 3 is 2.64 bits per heavy atom. The van der Waals surface area contributed by atoms with E-state index in [1.54, 1.807) is 18.6 Å². The van der Waals surface area contributed by atoms with Crippen LogP contribution in [0, 0.1) is 5.92 Å². The highest BCUT2D eigenvalue weighted by Gasteiger charge is 2.54. The van der Waals surface area contributed by atoms with Gasteiger partial charge >= 0.3 is 0 Å². The Morgan fingerprint density at radius 1 is 1.21 bits per heavy atom. The first-order chi connectivity index (χ1) is 13.5. The summed E-state index contributed by atoms with van der Waals surface area (Å²) in [5, 5.41) is 14.5. The lowest BCUT2D eigenvalue weighted by Gasteiger charge is -2.54. The standard InChI is InChI=1S/C21H32N4O3/c1-20(24-18(26)16-5-3-2-4-6-16)9-14-28-21(19(20)27)7-12-25(13-8-21)17-15-22-10-11-23-17/h10-11,15-16,19,27H,2-9,12-14H2,1H3,(H,24,26)/t19-,20+/m0/s1. The molecule has 0 aromatic carbocycles. The highest BCUT2D eigenvalue weighted by Crippen LogP contribution is 2.40. The molecule has 3 fully saturated rings. The number of nitrogens with zero attached hydrogens (tertiary/aromatic N) is 3. The molecule has 1 aromatic rings. The molecule has 28 heavy (non-hydrogen) atoms. The van der Waals surface area contributed by atoms with Gasteiger partial charge in [-0.25, -0.2) is 4.98 Å². The second kappa shape index (κ2) is 7.95. The quantitative estimate of drug-likeness (QED) is 0.824. The Hall–Kier alpha value is -1.73. The third-order valence-electron chi connectivity index (χ3n) is 6.98. The molecular formula is C21H32N4O3. The number of carbonyl (C=O) groups excluding carboxylic acids is 1. The molecule has 1 spiro atoms. The van der Waals surface area contributed by atoms with Gasteiger partial charge in [-0.05, 0) is 39.0 Å². The van der Waals surface area contributed by atoms with Crippen molar-refractivity contribution >= 4 is 11.7 Å². The van der Waals surface area contributed by atoms with E-state index in [9.17, 15) is 9.90 Å². The van der Waals surface area contributed by atoms with Gasteiger partial charge in [-0.2, -0.15) is 0 Å². The molecule has 0 bridgehead atoms. The van der Waals surface area contributed by atoms with Crippen molar-refractivity contribution in [1.29, 1.82) is 0 Å². The van der Waals surface area contributed by atoms with Crippen molar-refractivity contribution in [2.75, 3.05) is 24.6 Å². The summed E-state index contributed by atoms with van der Waals surface area (Å²) < 4.78 is 6.16. The SMILES string of the molecule is C[C@@]1(NC(=O)C2CCCCC2)CCOC2(CCN(c3cnccn3)CC2)[C@H]1O. The fourth-order valence-corrected chi connectivity index (χ4v) is 5.13. The van der Waals surface area contributed by atoms with Gasteiger partial charge < -0.3 is 20.1 Å². The van der Waals surface area contributed by atoms with E-state index >= 15 is 0 Å². The molecule has 1 aromatic heterocycles. The molecular weight excluding hydrogens is 356 g/mol. The zero-order valence-corrected chi connectivity index (χ0v) is 16.8. The smallest absolute Gasteiger partial charge is 0.223 e. The monoisotopic (exact) mass is 388 g/mol. The van der Waals surface area contributed by atoms with E-state index in [-0.39, 0.29) is 11.8 Å². The van der Waals surface area contributed by atoms with Gasteiger partial charge in [0.25, 0.3) is 0 Å². The summed E-state index contributed by atoms with van der Waals surface area (Å²) in [6.45, 7) is 4.05. The number of amides is 1. The Labute approximate surface area is 166 Å². The number of rotatable bonds is 3. The van der Waals surface area contributed by atoms with Crippen LogP contribution in [0.2, 0.25) is 0 Å². The second-order valence-corrected chi connectivity index (χ2v) is 8.86. The van der Waals surface area contributed by atoms with Gasteiger partial charge in [0.2, 0.25) is 5.91 Å². The van der Waals surface area contributed by atoms with Crippen LogP contribution in [-0.4, -0.2) is 57.9 Å². The van der Waals surface area contributed by atoms with Gasteiger partial charge in [-0.3, -0.25) is 9.78 Å². The fraction of sp³-hybridized carbons (Fsp3) is 0.762. The average molecular weight is 389 g/mol. The Bertz CT molecular complexity index is 671. The maximum atomic E-state index is 12.8. The van der Waals surface area contributed by atoms with Crippen molar-refractivity contribution in [2.24, 2.45) is 5.92 Å². The van der Waals surface area contributed by atoms with Crippen LogP contribution in [0.5, 0.6) is 0 Å². The summed E-state index contributed by atoms with van der Waals surface area (Å²) in [6, 6.07) is 0. The third kappa shape index (κ3) is 3.74. The van der Waals surface area contributed by atoms with Crippen LogP contribution < -0.4 is 10.2 Å². The molecule has 2 aliphatic heterocycles. The van der Waals surface area contributed by atoms with Crippen molar-refractivity contribution in [3.63, 3.8) is 0 Å². The molecule has 1 saturated carbocycles. The summed E-state index contributed by atoms with van der Waals surface area (Å²) in [4.78, 5) is 23.5. The van der Waals surface area contributed by atoms with Crippen LogP contribution in [0.3, 0.4) is 0 Å². The molecule has 7 nitrogen and oxygen atoms in total. The van der Waals surface area contributed by atoms with Crippen LogP contribution in [0.15, 0.2) is 18.6 Å². The second-order valence-electron chi connectivity index (χ2n) is 8.86. The van der Waals surface area contributed by atoms with E-state index in [0.717, 1.165) is 44.6 Å². The van der Waals surface area contributed by atoms with Crippen molar-refractivity contribution < 1.29 is 14.6 Å².